The van der Waals surface area contributed by atoms with Crippen molar-refractivity contribution in [1.82, 2.24) is 5.32 Å². The molecule has 1 atom stereocenters. The predicted octanol–water partition coefficient (Wildman–Crippen LogP) is 3.34. The fourth-order valence-electron chi connectivity index (χ4n) is 2.67. The summed E-state index contributed by atoms with van der Waals surface area (Å²) in [5.41, 5.74) is 6.16. The van der Waals surface area contributed by atoms with Gasteiger partial charge in [0.25, 0.3) is 5.91 Å². The van der Waals surface area contributed by atoms with Crippen molar-refractivity contribution in [2.45, 2.75) is 25.3 Å². The van der Waals surface area contributed by atoms with E-state index in [1.54, 1.807) is 24.3 Å². The first-order valence-electron chi connectivity index (χ1n) is 7.96. The van der Waals surface area contributed by atoms with Gasteiger partial charge in [-0.05, 0) is 62.1 Å². The van der Waals surface area contributed by atoms with Crippen LogP contribution in [0, 0.1) is 5.92 Å². The number of rotatable bonds is 6. The summed E-state index contributed by atoms with van der Waals surface area (Å²) in [6.45, 7) is 2.48. The summed E-state index contributed by atoms with van der Waals surface area (Å²) in [6, 6.07) is 16.7. The molecule has 2 aromatic carbocycles. The molecule has 0 radical (unpaired) electrons. The van der Waals surface area contributed by atoms with Gasteiger partial charge in [0.2, 0.25) is 0 Å². The fraction of sp³-hybridized carbons (Fsp3) is 0.316. The third kappa shape index (κ3) is 3.71. The number of nitrogens with two attached hydrogens (primary N) is 1. The van der Waals surface area contributed by atoms with E-state index in [9.17, 15) is 4.79 Å². The van der Waals surface area contributed by atoms with Gasteiger partial charge in [0, 0.05) is 12.1 Å². The lowest BCUT2D eigenvalue weighted by Crippen LogP contribution is -2.53. The Morgan fingerprint density at radius 3 is 2.30 bits per heavy atom. The summed E-state index contributed by atoms with van der Waals surface area (Å²) in [4.78, 5) is 12.4. The minimum atomic E-state index is -0.309. The summed E-state index contributed by atoms with van der Waals surface area (Å²) >= 11 is 0. The lowest BCUT2D eigenvalue weighted by molar-refractivity contribution is 0.0898. The van der Waals surface area contributed by atoms with Crippen LogP contribution in [-0.2, 0) is 0 Å². The van der Waals surface area contributed by atoms with E-state index >= 15 is 0 Å². The Morgan fingerprint density at radius 2 is 1.74 bits per heavy atom. The summed E-state index contributed by atoms with van der Waals surface area (Å²) in [5.74, 6) is 1.89. The van der Waals surface area contributed by atoms with Crippen LogP contribution in [0.3, 0.4) is 0 Å². The van der Waals surface area contributed by atoms with Gasteiger partial charge in [-0.3, -0.25) is 4.79 Å². The number of para-hydroxylation sites is 1. The number of carbonyl (C=O) groups excluding carboxylic acids is 1. The number of hydrogen-bond acceptors (Lipinski definition) is 3. The van der Waals surface area contributed by atoms with E-state index in [0.29, 0.717) is 23.8 Å². The van der Waals surface area contributed by atoms with E-state index in [1.165, 1.54) is 0 Å². The molecule has 0 bridgehead atoms. The van der Waals surface area contributed by atoms with Gasteiger partial charge in [-0.15, -0.1) is 0 Å². The molecule has 23 heavy (non-hydrogen) atoms. The molecule has 1 saturated carbocycles. The van der Waals surface area contributed by atoms with E-state index in [2.05, 4.69) is 5.32 Å². The molecule has 4 nitrogen and oxygen atoms in total. The van der Waals surface area contributed by atoms with Crippen LogP contribution in [0.1, 0.15) is 30.1 Å². The standard InChI is InChI=1S/C19H22N2O2/c1-19(13-20,15-9-10-15)21-18(22)14-7-11-17(12-8-14)23-16-5-3-2-4-6-16/h2-8,11-12,15H,9-10,13,20H2,1H3,(H,21,22). The van der Waals surface area contributed by atoms with Gasteiger partial charge in [-0.1, -0.05) is 18.2 Å². The van der Waals surface area contributed by atoms with Crippen LogP contribution in [-0.4, -0.2) is 18.0 Å². The van der Waals surface area contributed by atoms with Crippen molar-refractivity contribution in [3.05, 3.63) is 60.2 Å². The number of benzene rings is 2. The second-order valence-electron chi connectivity index (χ2n) is 6.29. The van der Waals surface area contributed by atoms with Crippen LogP contribution in [0.2, 0.25) is 0 Å². The van der Waals surface area contributed by atoms with Crippen molar-refractivity contribution in [2.75, 3.05) is 6.54 Å². The first kappa shape index (κ1) is 15.6. The van der Waals surface area contributed by atoms with Crippen molar-refractivity contribution in [3.8, 4) is 11.5 Å². The molecule has 1 aliphatic carbocycles. The predicted molar refractivity (Wildman–Crippen MR) is 90.6 cm³/mol. The second-order valence-corrected chi connectivity index (χ2v) is 6.29. The molecule has 3 rings (SSSR count). The van der Waals surface area contributed by atoms with Crippen LogP contribution in [0.15, 0.2) is 54.6 Å². The van der Waals surface area contributed by atoms with E-state index in [4.69, 9.17) is 10.5 Å². The molecule has 4 heteroatoms. The second kappa shape index (κ2) is 6.42. The molecular weight excluding hydrogens is 288 g/mol. The smallest absolute Gasteiger partial charge is 0.251 e. The number of nitrogens with one attached hydrogen (secondary N) is 1. The molecular formula is C19H22N2O2. The Hall–Kier alpha value is -2.33. The minimum Gasteiger partial charge on any atom is -0.457 e. The highest BCUT2D eigenvalue weighted by molar-refractivity contribution is 5.94. The molecule has 0 spiro atoms. The number of ether oxygens (including phenoxy) is 1. The zero-order valence-corrected chi connectivity index (χ0v) is 13.3. The molecule has 3 N–H and O–H groups in total. The highest BCUT2D eigenvalue weighted by Gasteiger charge is 2.41. The van der Waals surface area contributed by atoms with Crippen molar-refractivity contribution >= 4 is 5.91 Å². The minimum absolute atomic E-state index is 0.0869. The average Bonchev–Trinajstić information content (AvgIpc) is 3.42. The number of amides is 1. The van der Waals surface area contributed by atoms with E-state index in [1.807, 2.05) is 37.3 Å². The van der Waals surface area contributed by atoms with Crippen LogP contribution in [0.25, 0.3) is 0 Å². The Morgan fingerprint density at radius 1 is 1.13 bits per heavy atom. The van der Waals surface area contributed by atoms with Gasteiger partial charge in [-0.2, -0.15) is 0 Å². The van der Waals surface area contributed by atoms with E-state index < -0.39 is 0 Å². The molecule has 1 fully saturated rings. The lowest BCUT2D eigenvalue weighted by Gasteiger charge is -2.29. The summed E-state index contributed by atoms with van der Waals surface area (Å²) < 4.78 is 5.73. The first-order chi connectivity index (χ1) is 11.1. The van der Waals surface area contributed by atoms with Crippen LogP contribution in [0.5, 0.6) is 11.5 Å². The van der Waals surface area contributed by atoms with Crippen molar-refractivity contribution in [2.24, 2.45) is 11.7 Å². The largest absolute Gasteiger partial charge is 0.457 e. The summed E-state index contributed by atoms with van der Waals surface area (Å²) in [6.07, 6.45) is 2.27. The highest BCUT2D eigenvalue weighted by atomic mass is 16.5. The fourth-order valence-corrected chi connectivity index (χ4v) is 2.67. The molecule has 120 valence electrons. The molecule has 1 amide bonds. The molecule has 0 aromatic heterocycles. The monoisotopic (exact) mass is 310 g/mol. The molecule has 0 saturated heterocycles. The number of hydrogen-bond donors (Lipinski definition) is 2. The zero-order chi connectivity index (χ0) is 16.3. The maximum atomic E-state index is 12.4. The van der Waals surface area contributed by atoms with Crippen LogP contribution >= 0.6 is 0 Å². The molecule has 1 unspecified atom stereocenters. The van der Waals surface area contributed by atoms with Gasteiger partial charge >= 0.3 is 0 Å². The van der Waals surface area contributed by atoms with Crippen LogP contribution < -0.4 is 15.8 Å². The maximum Gasteiger partial charge on any atom is 0.251 e. The van der Waals surface area contributed by atoms with E-state index in [-0.39, 0.29) is 11.4 Å². The third-order valence-corrected chi connectivity index (χ3v) is 4.40. The third-order valence-electron chi connectivity index (χ3n) is 4.40. The quantitative estimate of drug-likeness (QED) is 0.860. The highest BCUT2D eigenvalue weighted by Crippen LogP contribution is 2.39. The molecule has 0 aliphatic heterocycles. The lowest BCUT2D eigenvalue weighted by atomic mass is 9.95. The zero-order valence-electron chi connectivity index (χ0n) is 13.3. The average molecular weight is 310 g/mol. The molecule has 2 aromatic rings. The Kier molecular flexibility index (Phi) is 4.35. The van der Waals surface area contributed by atoms with Gasteiger partial charge in [0.1, 0.15) is 11.5 Å². The normalized spacial score (nSPS) is 16.4. The van der Waals surface area contributed by atoms with Crippen LogP contribution in [0.4, 0.5) is 0 Å². The summed E-state index contributed by atoms with van der Waals surface area (Å²) in [7, 11) is 0. The Balaban J connectivity index is 1.65. The molecule has 1 aliphatic rings. The summed E-state index contributed by atoms with van der Waals surface area (Å²) in [5, 5.41) is 3.09. The first-order valence-corrected chi connectivity index (χ1v) is 7.96. The van der Waals surface area contributed by atoms with Gasteiger partial charge in [-0.25, -0.2) is 0 Å². The Bertz CT molecular complexity index is 666. The topological polar surface area (TPSA) is 64.3 Å². The van der Waals surface area contributed by atoms with Crippen molar-refractivity contribution < 1.29 is 9.53 Å². The van der Waals surface area contributed by atoms with E-state index in [0.717, 1.165) is 18.6 Å². The van der Waals surface area contributed by atoms with Crippen molar-refractivity contribution in [3.63, 3.8) is 0 Å². The van der Waals surface area contributed by atoms with Gasteiger partial charge in [0.15, 0.2) is 0 Å². The SMILES string of the molecule is CC(CN)(NC(=O)c1ccc(Oc2ccccc2)cc1)C1CC1. The molecule has 0 heterocycles. The number of carbonyl (C=O) groups is 1. The Labute approximate surface area is 136 Å². The maximum absolute atomic E-state index is 12.4. The van der Waals surface area contributed by atoms with Crippen molar-refractivity contribution in [1.29, 1.82) is 0 Å². The van der Waals surface area contributed by atoms with Gasteiger partial charge < -0.3 is 15.8 Å². The van der Waals surface area contributed by atoms with Gasteiger partial charge in [0.05, 0.1) is 5.54 Å².